The Morgan fingerprint density at radius 3 is 2.07 bits per heavy atom. The Morgan fingerprint density at radius 2 is 1.43 bits per heavy atom. The van der Waals surface area contributed by atoms with Crippen molar-refractivity contribution in [1.82, 2.24) is 4.90 Å². The molecule has 0 fully saturated rings. The van der Waals surface area contributed by atoms with Crippen molar-refractivity contribution in [2.45, 2.75) is 18.9 Å². The predicted octanol–water partition coefficient (Wildman–Crippen LogP) is 3.91. The monoisotopic (exact) mass is 372 g/mol. The maximum Gasteiger partial charge on any atom is 0.254 e. The second kappa shape index (κ2) is 9.00. The molecule has 0 saturated carbocycles. The Hall–Kier alpha value is -3.40. The van der Waals surface area contributed by atoms with E-state index in [-0.39, 0.29) is 5.91 Å². The fourth-order valence-corrected chi connectivity index (χ4v) is 3.35. The Labute approximate surface area is 165 Å². The zero-order chi connectivity index (χ0) is 19.9. The summed E-state index contributed by atoms with van der Waals surface area (Å²) in [4.78, 5) is 26.8. The van der Waals surface area contributed by atoms with E-state index < -0.39 is 11.9 Å². The summed E-state index contributed by atoms with van der Waals surface area (Å²) in [5, 5.41) is 0. The number of amides is 2. The molecule has 0 aliphatic heterocycles. The van der Waals surface area contributed by atoms with Crippen molar-refractivity contribution < 1.29 is 9.59 Å². The van der Waals surface area contributed by atoms with Gasteiger partial charge in [-0.2, -0.15) is 0 Å². The smallest absolute Gasteiger partial charge is 0.254 e. The molecule has 0 aliphatic carbocycles. The van der Waals surface area contributed by atoms with Gasteiger partial charge >= 0.3 is 0 Å². The molecule has 1 atom stereocenters. The minimum Gasteiger partial charge on any atom is -0.368 e. The van der Waals surface area contributed by atoms with Crippen molar-refractivity contribution in [1.29, 1.82) is 0 Å². The van der Waals surface area contributed by atoms with Crippen LogP contribution in [0, 0.1) is 0 Å². The number of carbonyl (C=O) groups excluding carboxylic acids is 2. The molecule has 0 unspecified atom stereocenters. The van der Waals surface area contributed by atoms with Crippen LogP contribution < -0.4 is 5.73 Å². The molecule has 2 N–H and O–H groups in total. The van der Waals surface area contributed by atoms with Crippen molar-refractivity contribution in [2.75, 3.05) is 7.05 Å². The van der Waals surface area contributed by atoms with E-state index in [1.54, 1.807) is 13.1 Å². The first-order valence-electron chi connectivity index (χ1n) is 9.33. The van der Waals surface area contributed by atoms with Gasteiger partial charge in [-0.15, -0.1) is 0 Å². The van der Waals surface area contributed by atoms with E-state index in [0.29, 0.717) is 18.4 Å². The van der Waals surface area contributed by atoms with Gasteiger partial charge in [0, 0.05) is 12.6 Å². The molecule has 4 nitrogen and oxygen atoms in total. The summed E-state index contributed by atoms with van der Waals surface area (Å²) >= 11 is 0. The van der Waals surface area contributed by atoms with Crippen LogP contribution in [0.5, 0.6) is 0 Å². The van der Waals surface area contributed by atoms with Crippen LogP contribution in [0.3, 0.4) is 0 Å². The first-order valence-corrected chi connectivity index (χ1v) is 9.33. The number of benzene rings is 3. The lowest BCUT2D eigenvalue weighted by atomic mass is 9.97. The second-order valence-electron chi connectivity index (χ2n) is 6.77. The van der Waals surface area contributed by atoms with Gasteiger partial charge in [0.2, 0.25) is 5.91 Å². The molecule has 0 radical (unpaired) electrons. The summed E-state index contributed by atoms with van der Waals surface area (Å²) in [5.41, 5.74) is 9.10. The quantitative estimate of drug-likeness (QED) is 0.683. The third-order valence-electron chi connectivity index (χ3n) is 4.91. The number of nitrogens with zero attached hydrogens (tertiary/aromatic N) is 1. The molecule has 2 amide bonds. The van der Waals surface area contributed by atoms with Crippen LogP contribution in [0.1, 0.15) is 22.3 Å². The van der Waals surface area contributed by atoms with Gasteiger partial charge in [-0.1, -0.05) is 78.9 Å². The van der Waals surface area contributed by atoms with E-state index in [9.17, 15) is 9.59 Å². The fourth-order valence-electron chi connectivity index (χ4n) is 3.35. The first-order chi connectivity index (χ1) is 13.6. The number of rotatable bonds is 7. The number of likely N-dealkylation sites (N-methyl/N-ethyl adjacent to an activating group) is 1. The van der Waals surface area contributed by atoms with Crippen molar-refractivity contribution >= 4 is 11.8 Å². The zero-order valence-corrected chi connectivity index (χ0v) is 15.9. The van der Waals surface area contributed by atoms with E-state index in [1.807, 2.05) is 78.9 Å². The molecule has 0 saturated heterocycles. The molecule has 28 heavy (non-hydrogen) atoms. The van der Waals surface area contributed by atoms with Crippen LogP contribution in [-0.2, 0) is 11.2 Å². The summed E-state index contributed by atoms with van der Waals surface area (Å²) in [6, 6.07) is 26.4. The van der Waals surface area contributed by atoms with Crippen LogP contribution in [0.25, 0.3) is 11.1 Å². The maximum atomic E-state index is 13.2. The molecule has 0 aliphatic rings. The van der Waals surface area contributed by atoms with Crippen LogP contribution in [0.2, 0.25) is 0 Å². The summed E-state index contributed by atoms with van der Waals surface area (Å²) in [7, 11) is 1.64. The third-order valence-corrected chi connectivity index (χ3v) is 4.91. The molecule has 0 bridgehead atoms. The molecule has 3 aromatic carbocycles. The van der Waals surface area contributed by atoms with E-state index >= 15 is 0 Å². The van der Waals surface area contributed by atoms with Gasteiger partial charge in [0.05, 0.1) is 0 Å². The Bertz CT molecular complexity index is 939. The summed E-state index contributed by atoms with van der Waals surface area (Å²) in [6.07, 6.45) is 1.15. The number of aryl methyl sites for hydroxylation is 1. The molecule has 142 valence electrons. The minimum absolute atomic E-state index is 0.212. The van der Waals surface area contributed by atoms with Gasteiger partial charge in [-0.05, 0) is 35.6 Å². The van der Waals surface area contributed by atoms with Crippen molar-refractivity contribution in [2.24, 2.45) is 5.73 Å². The van der Waals surface area contributed by atoms with E-state index in [1.165, 1.54) is 4.90 Å². The SMILES string of the molecule is CN(C(=O)c1ccccc1-c1ccccc1)[C@@H](CCc1ccccc1)C(N)=O. The lowest BCUT2D eigenvalue weighted by Crippen LogP contribution is -2.46. The van der Waals surface area contributed by atoms with Crippen molar-refractivity contribution in [3.63, 3.8) is 0 Å². The van der Waals surface area contributed by atoms with Gasteiger partial charge in [-0.25, -0.2) is 0 Å². The third kappa shape index (κ3) is 4.46. The topological polar surface area (TPSA) is 63.4 Å². The number of hydrogen-bond donors (Lipinski definition) is 1. The van der Waals surface area contributed by atoms with E-state index in [2.05, 4.69) is 0 Å². The van der Waals surface area contributed by atoms with Gasteiger partial charge in [0.1, 0.15) is 6.04 Å². The summed E-state index contributed by atoms with van der Waals surface area (Å²) in [6.45, 7) is 0. The highest BCUT2D eigenvalue weighted by molar-refractivity contribution is 6.02. The van der Waals surface area contributed by atoms with E-state index in [4.69, 9.17) is 5.73 Å². The van der Waals surface area contributed by atoms with Crippen LogP contribution in [0.4, 0.5) is 0 Å². The standard InChI is InChI=1S/C24H24N2O2/c1-26(22(23(25)27)17-16-18-10-4-2-5-11-18)24(28)21-15-9-8-14-20(21)19-12-6-3-7-13-19/h2-15,22H,16-17H2,1H3,(H2,25,27)/t22-/m0/s1. The molecular formula is C24H24N2O2. The number of carbonyl (C=O) groups is 2. The molecular weight excluding hydrogens is 348 g/mol. The maximum absolute atomic E-state index is 13.2. The highest BCUT2D eigenvalue weighted by atomic mass is 16.2. The minimum atomic E-state index is -0.670. The molecule has 4 heteroatoms. The highest BCUT2D eigenvalue weighted by Crippen LogP contribution is 2.25. The highest BCUT2D eigenvalue weighted by Gasteiger charge is 2.27. The molecule has 3 aromatic rings. The number of nitrogens with two attached hydrogens (primary N) is 1. The van der Waals surface area contributed by atoms with Gasteiger partial charge in [-0.3, -0.25) is 9.59 Å². The molecule has 0 spiro atoms. The van der Waals surface area contributed by atoms with Gasteiger partial charge in [0.25, 0.3) is 5.91 Å². The van der Waals surface area contributed by atoms with Crippen LogP contribution in [0.15, 0.2) is 84.9 Å². The Morgan fingerprint density at radius 1 is 0.857 bits per heavy atom. The zero-order valence-electron chi connectivity index (χ0n) is 15.9. The largest absolute Gasteiger partial charge is 0.368 e. The van der Waals surface area contributed by atoms with Crippen molar-refractivity contribution in [3.05, 3.63) is 96.1 Å². The average molecular weight is 372 g/mol. The van der Waals surface area contributed by atoms with Crippen molar-refractivity contribution in [3.8, 4) is 11.1 Å². The number of hydrogen-bond acceptors (Lipinski definition) is 2. The summed E-state index contributed by atoms with van der Waals surface area (Å²) < 4.78 is 0. The second-order valence-corrected chi connectivity index (χ2v) is 6.77. The molecule has 0 heterocycles. The average Bonchev–Trinajstić information content (AvgIpc) is 2.74. The van der Waals surface area contributed by atoms with Crippen LogP contribution >= 0.6 is 0 Å². The van der Waals surface area contributed by atoms with E-state index in [0.717, 1.165) is 16.7 Å². The van der Waals surface area contributed by atoms with Gasteiger partial charge in [0.15, 0.2) is 0 Å². The molecule has 0 aromatic heterocycles. The normalized spacial score (nSPS) is 11.6. The fraction of sp³-hybridized carbons (Fsp3) is 0.167. The van der Waals surface area contributed by atoms with Crippen LogP contribution in [-0.4, -0.2) is 29.8 Å². The lowest BCUT2D eigenvalue weighted by molar-refractivity contribution is -0.122. The number of primary amides is 1. The predicted molar refractivity (Wildman–Crippen MR) is 112 cm³/mol. The first kappa shape index (κ1) is 19.4. The Balaban J connectivity index is 1.83. The van der Waals surface area contributed by atoms with Gasteiger partial charge < -0.3 is 10.6 Å². The molecule has 3 rings (SSSR count). The Kier molecular flexibility index (Phi) is 6.22. The lowest BCUT2D eigenvalue weighted by Gasteiger charge is -2.26. The summed E-state index contributed by atoms with van der Waals surface area (Å²) in [5.74, 6) is -0.708.